The average Bonchev–Trinajstić information content (AvgIpc) is 2.57. The number of benzene rings is 2. The van der Waals surface area contributed by atoms with E-state index in [1.165, 1.54) is 16.7 Å². The van der Waals surface area contributed by atoms with Gasteiger partial charge in [-0.3, -0.25) is 4.98 Å². The fourth-order valence-corrected chi connectivity index (χ4v) is 2.51. The number of aryl methyl sites for hydroxylation is 1. The van der Waals surface area contributed by atoms with Crippen LogP contribution in [0.4, 0.5) is 0 Å². The summed E-state index contributed by atoms with van der Waals surface area (Å²) in [6.45, 7) is 2.77. The normalized spacial score (nSPS) is 10.4. The van der Waals surface area contributed by atoms with E-state index in [2.05, 4.69) is 48.3 Å². The molecule has 0 N–H and O–H groups in total. The molecule has 0 fully saturated rings. The summed E-state index contributed by atoms with van der Waals surface area (Å²) in [6, 6.07) is 20.6. The predicted octanol–water partition coefficient (Wildman–Crippen LogP) is 4.68. The molecule has 0 aliphatic carbocycles. The first-order valence-electron chi connectivity index (χ1n) is 7.51. The molecule has 3 rings (SSSR count). The second kappa shape index (κ2) is 6.90. The highest BCUT2D eigenvalue weighted by Gasteiger charge is 2.08. The Bertz CT molecular complexity index is 737. The zero-order valence-corrected chi connectivity index (χ0v) is 12.7. The molecule has 0 saturated carbocycles. The van der Waals surface area contributed by atoms with Gasteiger partial charge in [-0.1, -0.05) is 54.6 Å². The van der Waals surface area contributed by atoms with Crippen LogP contribution < -0.4 is 4.74 Å². The summed E-state index contributed by atoms with van der Waals surface area (Å²) in [7, 11) is 0. The predicted molar refractivity (Wildman–Crippen MR) is 90.1 cm³/mol. The van der Waals surface area contributed by atoms with E-state index in [4.69, 9.17) is 4.74 Å². The molecule has 1 heterocycles. The Labute approximate surface area is 131 Å². The van der Waals surface area contributed by atoms with Crippen LogP contribution in [0.5, 0.6) is 5.75 Å². The van der Waals surface area contributed by atoms with Crippen molar-refractivity contribution in [2.45, 2.75) is 13.3 Å². The Kier molecular flexibility index (Phi) is 4.50. The summed E-state index contributed by atoms with van der Waals surface area (Å²) in [5.41, 5.74) is 4.73. The molecule has 0 bridgehead atoms. The molecule has 0 aliphatic heterocycles. The Hall–Kier alpha value is -2.61. The molecule has 3 aromatic rings. The first-order chi connectivity index (χ1) is 10.8. The topological polar surface area (TPSA) is 22.1 Å². The van der Waals surface area contributed by atoms with Crippen molar-refractivity contribution >= 4 is 0 Å². The zero-order valence-electron chi connectivity index (χ0n) is 12.7. The second-order valence-corrected chi connectivity index (χ2v) is 5.27. The molecule has 2 heteroatoms. The molecule has 0 aliphatic rings. The molecule has 0 unspecified atom stereocenters. The van der Waals surface area contributed by atoms with E-state index in [0.29, 0.717) is 6.61 Å². The summed E-state index contributed by atoms with van der Waals surface area (Å²) in [5, 5.41) is 0. The van der Waals surface area contributed by atoms with E-state index in [9.17, 15) is 0 Å². The fourth-order valence-electron chi connectivity index (χ4n) is 2.51. The van der Waals surface area contributed by atoms with Crippen molar-refractivity contribution < 1.29 is 4.74 Å². The molecule has 0 saturated heterocycles. The minimum atomic E-state index is 0.660. The Morgan fingerprint density at radius 1 is 0.864 bits per heavy atom. The third-order valence-electron chi connectivity index (χ3n) is 3.71. The van der Waals surface area contributed by atoms with Gasteiger partial charge in [-0.15, -0.1) is 0 Å². The van der Waals surface area contributed by atoms with Crippen LogP contribution >= 0.6 is 0 Å². The van der Waals surface area contributed by atoms with Crippen molar-refractivity contribution in [3.05, 3.63) is 84.2 Å². The number of hydrogen-bond acceptors (Lipinski definition) is 2. The lowest BCUT2D eigenvalue weighted by molar-refractivity contribution is 0.323. The number of rotatable bonds is 5. The van der Waals surface area contributed by atoms with Gasteiger partial charge in [0, 0.05) is 24.4 Å². The fraction of sp³-hybridized carbons (Fsp3) is 0.150. The van der Waals surface area contributed by atoms with E-state index in [0.717, 1.165) is 17.7 Å². The second-order valence-electron chi connectivity index (χ2n) is 5.27. The van der Waals surface area contributed by atoms with Crippen LogP contribution in [0.15, 0.2) is 73.1 Å². The molecular formula is C20H19NO. The van der Waals surface area contributed by atoms with Gasteiger partial charge in [0.25, 0.3) is 0 Å². The van der Waals surface area contributed by atoms with Gasteiger partial charge in [0.2, 0.25) is 0 Å². The van der Waals surface area contributed by atoms with Crippen molar-refractivity contribution in [2.75, 3.05) is 6.61 Å². The summed E-state index contributed by atoms with van der Waals surface area (Å²) in [6.07, 6.45) is 4.55. The van der Waals surface area contributed by atoms with Crippen LogP contribution in [0.25, 0.3) is 11.1 Å². The molecule has 22 heavy (non-hydrogen) atoms. The van der Waals surface area contributed by atoms with Gasteiger partial charge >= 0.3 is 0 Å². The molecule has 1 aromatic heterocycles. The van der Waals surface area contributed by atoms with E-state index in [1.54, 1.807) is 6.20 Å². The van der Waals surface area contributed by atoms with Crippen LogP contribution in [0, 0.1) is 6.92 Å². The Balaban J connectivity index is 1.76. The van der Waals surface area contributed by atoms with Crippen LogP contribution in [0.2, 0.25) is 0 Å². The van der Waals surface area contributed by atoms with Crippen molar-refractivity contribution in [3.63, 3.8) is 0 Å². The maximum atomic E-state index is 6.01. The highest BCUT2D eigenvalue weighted by Crippen LogP contribution is 2.31. The smallest absolute Gasteiger partial charge is 0.130 e. The number of pyridine rings is 1. The van der Waals surface area contributed by atoms with Crippen molar-refractivity contribution in [1.82, 2.24) is 4.98 Å². The molecule has 2 aromatic carbocycles. The molecule has 110 valence electrons. The highest BCUT2D eigenvalue weighted by atomic mass is 16.5. The maximum absolute atomic E-state index is 6.01. The molecular weight excluding hydrogens is 270 g/mol. The first-order valence-corrected chi connectivity index (χ1v) is 7.51. The minimum Gasteiger partial charge on any atom is -0.492 e. The number of hydrogen-bond donors (Lipinski definition) is 0. The average molecular weight is 289 g/mol. The summed E-state index contributed by atoms with van der Waals surface area (Å²) >= 11 is 0. The van der Waals surface area contributed by atoms with Gasteiger partial charge in [0.05, 0.1) is 6.61 Å². The third kappa shape index (κ3) is 3.34. The van der Waals surface area contributed by atoms with Crippen molar-refractivity contribution in [1.29, 1.82) is 0 Å². The third-order valence-corrected chi connectivity index (χ3v) is 3.71. The summed E-state index contributed by atoms with van der Waals surface area (Å²) in [4.78, 5) is 4.25. The van der Waals surface area contributed by atoms with Gasteiger partial charge in [0.15, 0.2) is 0 Å². The van der Waals surface area contributed by atoms with Gasteiger partial charge in [0.1, 0.15) is 5.75 Å². The molecule has 0 spiro atoms. The number of nitrogens with zero attached hydrogens (tertiary/aromatic N) is 1. The van der Waals surface area contributed by atoms with Crippen LogP contribution in [0.1, 0.15) is 11.1 Å². The molecule has 2 nitrogen and oxygen atoms in total. The van der Waals surface area contributed by atoms with E-state index < -0.39 is 0 Å². The maximum Gasteiger partial charge on any atom is 0.130 e. The summed E-state index contributed by atoms with van der Waals surface area (Å²) in [5.74, 6) is 0.889. The Morgan fingerprint density at radius 3 is 2.45 bits per heavy atom. The zero-order chi connectivity index (χ0) is 15.2. The van der Waals surface area contributed by atoms with Crippen molar-refractivity contribution in [2.24, 2.45) is 0 Å². The van der Waals surface area contributed by atoms with Gasteiger partial charge in [-0.2, -0.15) is 0 Å². The van der Waals surface area contributed by atoms with Gasteiger partial charge in [-0.05, 0) is 29.7 Å². The number of ether oxygens (including phenoxy) is 1. The molecule has 0 atom stereocenters. The minimum absolute atomic E-state index is 0.660. The van der Waals surface area contributed by atoms with Gasteiger partial charge in [-0.25, -0.2) is 0 Å². The van der Waals surface area contributed by atoms with Crippen LogP contribution in [0.3, 0.4) is 0 Å². The standard InChI is InChI=1S/C20H19NO/c1-16-7-5-6-10-18(16)19-15-21-13-11-20(19)22-14-12-17-8-3-2-4-9-17/h2-11,13,15H,12,14H2,1H3. The molecule has 0 radical (unpaired) electrons. The van der Waals surface area contributed by atoms with Gasteiger partial charge < -0.3 is 4.74 Å². The highest BCUT2D eigenvalue weighted by molar-refractivity contribution is 5.72. The SMILES string of the molecule is Cc1ccccc1-c1cnccc1OCCc1ccccc1. The van der Waals surface area contributed by atoms with E-state index in [1.807, 2.05) is 30.5 Å². The van der Waals surface area contributed by atoms with Crippen LogP contribution in [-0.2, 0) is 6.42 Å². The summed E-state index contributed by atoms with van der Waals surface area (Å²) < 4.78 is 6.01. The monoisotopic (exact) mass is 289 g/mol. The van der Waals surface area contributed by atoms with E-state index >= 15 is 0 Å². The Morgan fingerprint density at radius 2 is 1.64 bits per heavy atom. The lowest BCUT2D eigenvalue weighted by Gasteiger charge is -2.12. The molecule has 0 amide bonds. The first kappa shape index (κ1) is 14.3. The lowest BCUT2D eigenvalue weighted by atomic mass is 10.0. The lowest BCUT2D eigenvalue weighted by Crippen LogP contribution is -2.02. The largest absolute Gasteiger partial charge is 0.492 e. The van der Waals surface area contributed by atoms with Crippen molar-refractivity contribution in [3.8, 4) is 16.9 Å². The van der Waals surface area contributed by atoms with E-state index in [-0.39, 0.29) is 0 Å². The van der Waals surface area contributed by atoms with Crippen LogP contribution in [-0.4, -0.2) is 11.6 Å². The quantitative estimate of drug-likeness (QED) is 0.680. The number of aromatic nitrogens is 1.